The number of carbonyl (C=O) groups excluding carboxylic acids is 2. The van der Waals surface area contributed by atoms with Gasteiger partial charge in [-0.15, -0.1) is 0 Å². The van der Waals surface area contributed by atoms with Gasteiger partial charge in [-0.05, 0) is 54.8 Å². The minimum atomic E-state index is -0.349. The second-order valence-corrected chi connectivity index (χ2v) is 7.87. The van der Waals surface area contributed by atoms with Crippen molar-refractivity contribution in [1.82, 2.24) is 15.3 Å². The van der Waals surface area contributed by atoms with Gasteiger partial charge in [0.05, 0.1) is 0 Å². The Morgan fingerprint density at radius 1 is 1.10 bits per heavy atom. The molecule has 4 rings (SSSR count). The first kappa shape index (κ1) is 20.0. The Bertz CT molecular complexity index is 974. The predicted molar refractivity (Wildman–Crippen MR) is 112 cm³/mol. The Balaban J connectivity index is 1.79. The third-order valence-corrected chi connectivity index (χ3v) is 5.11. The quantitative estimate of drug-likeness (QED) is 0.812. The maximum absolute atomic E-state index is 13.1. The molecule has 2 N–H and O–H groups in total. The number of rotatable bonds is 3. The summed E-state index contributed by atoms with van der Waals surface area (Å²) in [6.07, 6.45) is 0. The normalized spacial score (nSPS) is 17.6. The second kappa shape index (κ2) is 7.87. The van der Waals surface area contributed by atoms with E-state index in [1.165, 1.54) is 6.92 Å². The number of anilines is 1. The Hall–Kier alpha value is -3.26. The second-order valence-electron chi connectivity index (χ2n) is 7.87. The molecule has 0 aliphatic carbocycles. The molecule has 0 aromatic heterocycles. The molecule has 0 spiro atoms. The maximum Gasteiger partial charge on any atom is 0.333 e. The lowest BCUT2D eigenvalue weighted by Gasteiger charge is -2.43. The van der Waals surface area contributed by atoms with E-state index < -0.39 is 0 Å². The Kier molecular flexibility index (Phi) is 5.26. The summed E-state index contributed by atoms with van der Waals surface area (Å²) in [5, 5.41) is 9.42. The van der Waals surface area contributed by atoms with Gasteiger partial charge in [0.25, 0.3) is 0 Å². The van der Waals surface area contributed by atoms with Crippen LogP contribution in [0.25, 0.3) is 0 Å². The fourth-order valence-electron chi connectivity index (χ4n) is 3.90. The van der Waals surface area contributed by atoms with Gasteiger partial charge in [-0.25, -0.2) is 14.8 Å². The number of hydrogen-bond donors (Lipinski definition) is 2. The van der Waals surface area contributed by atoms with Crippen molar-refractivity contribution in [1.29, 1.82) is 0 Å². The van der Waals surface area contributed by atoms with Gasteiger partial charge in [0.2, 0.25) is 12.7 Å². The van der Waals surface area contributed by atoms with Crippen molar-refractivity contribution in [3.63, 3.8) is 0 Å². The van der Waals surface area contributed by atoms with Gasteiger partial charge in [-0.1, -0.05) is 12.1 Å². The summed E-state index contributed by atoms with van der Waals surface area (Å²) in [5.74, 6) is 1.28. The van der Waals surface area contributed by atoms with E-state index >= 15 is 0 Å². The van der Waals surface area contributed by atoms with Crippen molar-refractivity contribution >= 4 is 17.6 Å². The lowest BCUT2D eigenvalue weighted by Crippen LogP contribution is -2.54. The average Bonchev–Trinajstić information content (AvgIpc) is 3.12. The molecular formula is C22H26N4O4. The van der Waals surface area contributed by atoms with Crippen LogP contribution in [0.3, 0.4) is 0 Å². The molecule has 1 atom stereocenters. The summed E-state index contributed by atoms with van der Waals surface area (Å²) >= 11 is 0. The van der Waals surface area contributed by atoms with Crippen LogP contribution in [0, 0.1) is 0 Å². The van der Waals surface area contributed by atoms with Crippen LogP contribution in [0.5, 0.6) is 11.5 Å². The molecule has 8 nitrogen and oxygen atoms in total. The Morgan fingerprint density at radius 3 is 2.40 bits per heavy atom. The molecule has 0 fully saturated rings. The molecule has 0 radical (unpaired) electrons. The first-order chi connectivity index (χ1) is 14.3. The highest BCUT2D eigenvalue weighted by atomic mass is 16.7. The highest BCUT2D eigenvalue weighted by molar-refractivity contribution is 5.88. The van der Waals surface area contributed by atoms with E-state index in [4.69, 9.17) is 9.47 Å². The molecule has 0 bridgehead atoms. The van der Waals surface area contributed by atoms with Gasteiger partial charge >= 0.3 is 6.03 Å². The number of fused-ring (bicyclic) bond motifs is 2. The molecule has 158 valence electrons. The van der Waals surface area contributed by atoms with E-state index in [-0.39, 0.29) is 30.8 Å². The number of benzene rings is 2. The van der Waals surface area contributed by atoms with Crippen molar-refractivity contribution in [3.05, 3.63) is 53.1 Å². The molecule has 8 heteroatoms. The number of carbonyl (C=O) groups is 2. The third-order valence-electron chi connectivity index (χ3n) is 5.11. The van der Waals surface area contributed by atoms with Crippen molar-refractivity contribution in [3.8, 4) is 11.5 Å². The minimum Gasteiger partial charge on any atom is -0.454 e. The van der Waals surface area contributed by atoms with Crippen LogP contribution in [0.2, 0.25) is 0 Å². The molecule has 0 saturated carbocycles. The highest BCUT2D eigenvalue weighted by Crippen LogP contribution is 2.43. The van der Waals surface area contributed by atoms with Gasteiger partial charge in [0.1, 0.15) is 6.04 Å². The Morgan fingerprint density at radius 2 is 1.77 bits per heavy atom. The molecule has 2 aliphatic rings. The fraction of sp³-hybridized carbons (Fsp3) is 0.364. The lowest BCUT2D eigenvalue weighted by molar-refractivity contribution is -0.114. The van der Waals surface area contributed by atoms with Crippen molar-refractivity contribution in [2.45, 2.75) is 39.4 Å². The van der Waals surface area contributed by atoms with E-state index in [1.54, 1.807) is 5.01 Å². The van der Waals surface area contributed by atoms with Gasteiger partial charge in [0, 0.05) is 32.2 Å². The number of nitrogens with one attached hydrogen (secondary N) is 2. The molecule has 1 unspecified atom stereocenters. The highest BCUT2D eigenvalue weighted by Gasteiger charge is 2.37. The number of nitrogens with zero attached hydrogens (tertiary/aromatic N) is 2. The minimum absolute atomic E-state index is 0.00634. The SMILES string of the molecule is CC(=O)Nc1ccc(C2c3cc4c(cc3CN(C)N2C(=O)NC(C)C)OCO4)cc1. The van der Waals surface area contributed by atoms with Gasteiger partial charge < -0.3 is 20.1 Å². The molecule has 2 aliphatic heterocycles. The van der Waals surface area contributed by atoms with E-state index in [0.29, 0.717) is 18.0 Å². The van der Waals surface area contributed by atoms with Crippen molar-refractivity contribution in [2.75, 3.05) is 19.2 Å². The molecule has 2 aromatic carbocycles. The average molecular weight is 410 g/mol. The number of hydrazine groups is 1. The van der Waals surface area contributed by atoms with Crippen LogP contribution in [0.1, 0.15) is 43.5 Å². The third kappa shape index (κ3) is 3.78. The standard InChI is InChI=1S/C22H26N4O4/c1-13(2)23-22(28)26-21(15-5-7-17(8-6-15)24-14(3)27)18-10-20-19(29-12-30-20)9-16(18)11-25(26)4/h5-10,13,21H,11-12H2,1-4H3,(H,23,28)(H,24,27). The summed E-state index contributed by atoms with van der Waals surface area (Å²) in [6, 6.07) is 11.0. The Labute approximate surface area is 175 Å². The van der Waals surface area contributed by atoms with Crippen LogP contribution < -0.4 is 20.1 Å². The van der Waals surface area contributed by atoms with Crippen molar-refractivity contribution < 1.29 is 19.1 Å². The number of ether oxygens (including phenoxy) is 2. The molecule has 0 saturated heterocycles. The van der Waals surface area contributed by atoms with E-state index in [9.17, 15) is 9.59 Å². The molecule has 3 amide bonds. The smallest absolute Gasteiger partial charge is 0.333 e. The summed E-state index contributed by atoms with van der Waals surface area (Å²) in [7, 11) is 1.89. The topological polar surface area (TPSA) is 83.1 Å². The first-order valence-electron chi connectivity index (χ1n) is 9.94. The summed E-state index contributed by atoms with van der Waals surface area (Å²) in [4.78, 5) is 24.5. The first-order valence-corrected chi connectivity index (χ1v) is 9.94. The molecule has 30 heavy (non-hydrogen) atoms. The molecule has 2 aromatic rings. The molecular weight excluding hydrogens is 384 g/mol. The maximum atomic E-state index is 13.1. The van der Waals surface area contributed by atoms with Crippen LogP contribution in [0.4, 0.5) is 10.5 Å². The largest absolute Gasteiger partial charge is 0.454 e. The number of urea groups is 1. The summed E-state index contributed by atoms with van der Waals surface area (Å²) in [5.41, 5.74) is 3.70. The zero-order valence-corrected chi connectivity index (χ0v) is 17.6. The van der Waals surface area contributed by atoms with E-state index in [1.807, 2.05) is 62.3 Å². The fourth-order valence-corrected chi connectivity index (χ4v) is 3.90. The lowest BCUT2D eigenvalue weighted by atomic mass is 9.91. The van der Waals surface area contributed by atoms with Crippen LogP contribution in [-0.2, 0) is 11.3 Å². The monoisotopic (exact) mass is 410 g/mol. The van der Waals surface area contributed by atoms with E-state index in [0.717, 1.165) is 22.4 Å². The van der Waals surface area contributed by atoms with Crippen LogP contribution >= 0.6 is 0 Å². The number of hydrogen-bond acceptors (Lipinski definition) is 5. The van der Waals surface area contributed by atoms with E-state index in [2.05, 4.69) is 10.6 Å². The summed E-state index contributed by atoms with van der Waals surface area (Å²) < 4.78 is 11.1. The van der Waals surface area contributed by atoms with Crippen molar-refractivity contribution in [2.24, 2.45) is 0 Å². The van der Waals surface area contributed by atoms with Gasteiger partial charge in [-0.3, -0.25) is 4.79 Å². The zero-order valence-electron chi connectivity index (χ0n) is 17.6. The molecule has 2 heterocycles. The zero-order chi connectivity index (χ0) is 21.4. The van der Waals surface area contributed by atoms with Gasteiger partial charge in [-0.2, -0.15) is 0 Å². The predicted octanol–water partition coefficient (Wildman–Crippen LogP) is 3.24. The van der Waals surface area contributed by atoms with Crippen LogP contribution in [-0.4, -0.2) is 41.8 Å². The van der Waals surface area contributed by atoms with Crippen LogP contribution in [0.15, 0.2) is 36.4 Å². The summed E-state index contributed by atoms with van der Waals surface area (Å²) in [6.45, 7) is 6.11. The number of amides is 3. The van der Waals surface area contributed by atoms with Gasteiger partial charge in [0.15, 0.2) is 11.5 Å².